The number of nitrogens with one attached hydrogen (secondary N) is 2. The molecule has 0 bridgehead atoms. The van der Waals surface area contributed by atoms with Crippen LogP contribution in [0.1, 0.15) is 51.9 Å². The lowest BCUT2D eigenvalue weighted by Crippen LogP contribution is -2.36. The van der Waals surface area contributed by atoms with Gasteiger partial charge in [-0.3, -0.25) is 9.59 Å². The zero-order valence-corrected chi connectivity index (χ0v) is 14.9. The molecule has 5 nitrogen and oxygen atoms in total. The number of ether oxygens (including phenoxy) is 1. The minimum absolute atomic E-state index is 0.0464. The standard InChI is InChI=1S/C20H28N2O3/c1-2-25-18-12-8-7-11-17(18)22-20(24)16-13-15(16)19(23)21-14-9-5-3-4-6-10-14/h7-8,11-12,14-16H,2-6,9-10,13H2,1H3,(H,21,23)(H,22,24). The second-order valence-electron chi connectivity index (χ2n) is 7.06. The van der Waals surface area contributed by atoms with Crippen molar-refractivity contribution in [2.24, 2.45) is 11.8 Å². The Hall–Kier alpha value is -2.04. The molecule has 0 heterocycles. The average molecular weight is 344 g/mol. The molecule has 5 heteroatoms. The molecule has 1 aromatic carbocycles. The molecule has 136 valence electrons. The molecule has 2 aliphatic carbocycles. The van der Waals surface area contributed by atoms with Crippen LogP contribution in [-0.2, 0) is 9.59 Å². The Bertz CT molecular complexity index is 609. The molecule has 0 aliphatic heterocycles. The highest BCUT2D eigenvalue weighted by Gasteiger charge is 2.48. The van der Waals surface area contributed by atoms with Gasteiger partial charge in [-0.2, -0.15) is 0 Å². The van der Waals surface area contributed by atoms with Crippen LogP contribution in [0.4, 0.5) is 5.69 Å². The van der Waals surface area contributed by atoms with Crippen LogP contribution in [0.2, 0.25) is 0 Å². The minimum atomic E-state index is -0.222. The number of benzene rings is 1. The van der Waals surface area contributed by atoms with Gasteiger partial charge < -0.3 is 15.4 Å². The van der Waals surface area contributed by atoms with Crippen LogP contribution in [0.3, 0.4) is 0 Å². The van der Waals surface area contributed by atoms with E-state index in [1.807, 2.05) is 31.2 Å². The molecule has 2 atom stereocenters. The van der Waals surface area contributed by atoms with Gasteiger partial charge >= 0.3 is 0 Å². The van der Waals surface area contributed by atoms with Gasteiger partial charge in [0.1, 0.15) is 5.75 Å². The molecule has 0 radical (unpaired) electrons. The molecule has 2 fully saturated rings. The number of hydrogen-bond acceptors (Lipinski definition) is 3. The fraction of sp³-hybridized carbons (Fsp3) is 0.600. The molecule has 25 heavy (non-hydrogen) atoms. The predicted molar refractivity (Wildman–Crippen MR) is 97.5 cm³/mol. The van der Waals surface area contributed by atoms with Gasteiger partial charge in [-0.25, -0.2) is 0 Å². The highest BCUT2D eigenvalue weighted by atomic mass is 16.5. The second-order valence-corrected chi connectivity index (χ2v) is 7.06. The molecule has 2 aliphatic rings. The van der Waals surface area contributed by atoms with Crippen LogP contribution >= 0.6 is 0 Å². The van der Waals surface area contributed by atoms with E-state index in [9.17, 15) is 9.59 Å². The first-order valence-electron chi connectivity index (χ1n) is 9.52. The van der Waals surface area contributed by atoms with Gasteiger partial charge in [0.25, 0.3) is 0 Å². The van der Waals surface area contributed by atoms with E-state index in [1.165, 1.54) is 25.7 Å². The summed E-state index contributed by atoms with van der Waals surface area (Å²) in [5, 5.41) is 6.07. The van der Waals surface area contributed by atoms with Crippen LogP contribution in [0.15, 0.2) is 24.3 Å². The van der Waals surface area contributed by atoms with Crippen molar-refractivity contribution in [3.8, 4) is 5.75 Å². The lowest BCUT2D eigenvalue weighted by Gasteiger charge is -2.16. The van der Waals surface area contributed by atoms with Crippen LogP contribution in [0, 0.1) is 11.8 Å². The first kappa shape index (κ1) is 17.8. The number of carbonyl (C=O) groups is 2. The summed E-state index contributed by atoms with van der Waals surface area (Å²) in [5.41, 5.74) is 0.671. The van der Waals surface area contributed by atoms with E-state index >= 15 is 0 Å². The van der Waals surface area contributed by atoms with E-state index in [-0.39, 0.29) is 29.7 Å². The fourth-order valence-corrected chi connectivity index (χ4v) is 3.58. The number of amides is 2. The molecule has 1 aromatic rings. The molecule has 2 unspecified atom stereocenters. The summed E-state index contributed by atoms with van der Waals surface area (Å²) in [5.74, 6) is 0.222. The Morgan fingerprint density at radius 1 is 1.04 bits per heavy atom. The van der Waals surface area contributed by atoms with Crippen LogP contribution in [0.25, 0.3) is 0 Å². The largest absolute Gasteiger partial charge is 0.492 e. The van der Waals surface area contributed by atoms with Crippen molar-refractivity contribution >= 4 is 17.5 Å². The molecule has 2 amide bonds. The topological polar surface area (TPSA) is 67.4 Å². The lowest BCUT2D eigenvalue weighted by atomic mass is 10.1. The maximum atomic E-state index is 12.4. The SMILES string of the molecule is CCOc1ccccc1NC(=O)C1CC1C(=O)NC1CCCCCC1. The first-order chi connectivity index (χ1) is 12.2. The van der Waals surface area contributed by atoms with Crippen molar-refractivity contribution in [1.82, 2.24) is 5.32 Å². The van der Waals surface area contributed by atoms with Crippen LogP contribution in [-0.4, -0.2) is 24.5 Å². The average Bonchev–Trinajstić information content (AvgIpc) is 3.41. The Morgan fingerprint density at radius 2 is 1.72 bits per heavy atom. The molecular weight excluding hydrogens is 316 g/mol. The van der Waals surface area contributed by atoms with Gasteiger partial charge in [-0.05, 0) is 38.3 Å². The fourth-order valence-electron chi connectivity index (χ4n) is 3.58. The zero-order valence-electron chi connectivity index (χ0n) is 14.9. The highest BCUT2D eigenvalue weighted by molar-refractivity contribution is 6.00. The van der Waals surface area contributed by atoms with E-state index in [0.717, 1.165) is 12.8 Å². The van der Waals surface area contributed by atoms with E-state index in [4.69, 9.17) is 4.74 Å². The van der Waals surface area contributed by atoms with Crippen molar-refractivity contribution in [3.05, 3.63) is 24.3 Å². The van der Waals surface area contributed by atoms with Gasteiger partial charge in [0.2, 0.25) is 11.8 Å². The third-order valence-electron chi connectivity index (χ3n) is 5.11. The van der Waals surface area contributed by atoms with Gasteiger partial charge in [0, 0.05) is 6.04 Å². The molecule has 0 aromatic heterocycles. The Labute approximate surface area is 149 Å². The van der Waals surface area contributed by atoms with Crippen molar-refractivity contribution in [3.63, 3.8) is 0 Å². The van der Waals surface area contributed by atoms with Gasteiger partial charge in [0.15, 0.2) is 0 Å². The Kier molecular flexibility index (Phi) is 5.95. The number of para-hydroxylation sites is 2. The first-order valence-corrected chi connectivity index (χ1v) is 9.52. The van der Waals surface area contributed by atoms with Gasteiger partial charge in [-0.1, -0.05) is 37.8 Å². The molecule has 2 saturated carbocycles. The highest BCUT2D eigenvalue weighted by Crippen LogP contribution is 2.40. The summed E-state index contributed by atoms with van der Waals surface area (Å²) >= 11 is 0. The summed E-state index contributed by atoms with van der Waals surface area (Å²) in [4.78, 5) is 24.9. The predicted octanol–water partition coefficient (Wildman–Crippen LogP) is 3.50. The van der Waals surface area contributed by atoms with E-state index in [0.29, 0.717) is 24.5 Å². The number of anilines is 1. The lowest BCUT2D eigenvalue weighted by molar-refractivity contribution is -0.125. The van der Waals surface area contributed by atoms with E-state index in [1.54, 1.807) is 0 Å². The van der Waals surface area contributed by atoms with E-state index in [2.05, 4.69) is 10.6 Å². The van der Waals surface area contributed by atoms with E-state index < -0.39 is 0 Å². The van der Waals surface area contributed by atoms with Crippen molar-refractivity contribution in [2.45, 2.75) is 57.9 Å². The minimum Gasteiger partial charge on any atom is -0.492 e. The van der Waals surface area contributed by atoms with Gasteiger partial charge in [-0.15, -0.1) is 0 Å². The molecule has 3 rings (SSSR count). The number of hydrogen-bond donors (Lipinski definition) is 2. The van der Waals surface area contributed by atoms with Crippen molar-refractivity contribution < 1.29 is 14.3 Å². The molecule has 0 saturated heterocycles. The van der Waals surface area contributed by atoms with Crippen LogP contribution in [0.5, 0.6) is 5.75 Å². The summed E-state index contributed by atoms with van der Waals surface area (Å²) < 4.78 is 5.53. The quantitative estimate of drug-likeness (QED) is 0.776. The van der Waals surface area contributed by atoms with Crippen molar-refractivity contribution in [2.75, 3.05) is 11.9 Å². The summed E-state index contributed by atoms with van der Waals surface area (Å²) in [7, 11) is 0. The summed E-state index contributed by atoms with van der Waals surface area (Å²) in [6, 6.07) is 7.69. The maximum absolute atomic E-state index is 12.4. The smallest absolute Gasteiger partial charge is 0.228 e. The number of rotatable bonds is 6. The zero-order chi connectivity index (χ0) is 17.6. The maximum Gasteiger partial charge on any atom is 0.228 e. The molecule has 2 N–H and O–H groups in total. The summed E-state index contributed by atoms with van der Waals surface area (Å²) in [6.45, 7) is 2.45. The third-order valence-corrected chi connectivity index (χ3v) is 5.11. The van der Waals surface area contributed by atoms with Crippen molar-refractivity contribution in [1.29, 1.82) is 0 Å². The third kappa shape index (κ3) is 4.74. The summed E-state index contributed by atoms with van der Waals surface area (Å²) in [6.07, 6.45) is 7.68. The number of carbonyl (C=O) groups excluding carboxylic acids is 2. The molecular formula is C20H28N2O3. The molecule has 0 spiro atoms. The van der Waals surface area contributed by atoms with Gasteiger partial charge in [0.05, 0.1) is 24.1 Å². The second kappa shape index (κ2) is 8.37. The Balaban J connectivity index is 1.51. The van der Waals surface area contributed by atoms with Crippen LogP contribution < -0.4 is 15.4 Å². The Morgan fingerprint density at radius 3 is 2.44 bits per heavy atom. The normalized spacial score (nSPS) is 23.4. The monoisotopic (exact) mass is 344 g/mol.